The lowest BCUT2D eigenvalue weighted by atomic mass is 10.1. The highest BCUT2D eigenvalue weighted by atomic mass is 35.5. The molecule has 1 N–H and O–H groups in total. The van der Waals surface area contributed by atoms with Crippen molar-refractivity contribution in [3.05, 3.63) is 99.6 Å². The molecule has 0 saturated heterocycles. The molecule has 0 atom stereocenters. The van der Waals surface area contributed by atoms with Crippen LogP contribution in [0.25, 0.3) is 6.08 Å². The van der Waals surface area contributed by atoms with Gasteiger partial charge >= 0.3 is 0 Å². The number of carbonyl (C=O) groups excluding carboxylic acids is 1. The summed E-state index contributed by atoms with van der Waals surface area (Å²) >= 11 is 5.98. The number of aryl methyl sites for hydroxylation is 1. The first-order valence-electron chi connectivity index (χ1n) is 9.40. The number of nitriles is 2. The highest BCUT2D eigenvalue weighted by molar-refractivity contribution is 6.31. The number of hydrogen-bond acceptors (Lipinski definition) is 4. The Morgan fingerprint density at radius 1 is 1.10 bits per heavy atom. The van der Waals surface area contributed by atoms with Gasteiger partial charge in [0.1, 0.15) is 24.0 Å². The first-order chi connectivity index (χ1) is 15.0. The van der Waals surface area contributed by atoms with Gasteiger partial charge in [0.15, 0.2) is 0 Å². The van der Waals surface area contributed by atoms with E-state index in [-0.39, 0.29) is 12.2 Å². The summed E-state index contributed by atoms with van der Waals surface area (Å²) in [5.74, 6) is 0.101. The summed E-state index contributed by atoms with van der Waals surface area (Å²) in [6.07, 6.45) is 1.50. The molecule has 0 aliphatic rings. The Hall–Kier alpha value is -4.06. The van der Waals surface area contributed by atoms with Crippen LogP contribution in [0.1, 0.15) is 22.3 Å². The van der Waals surface area contributed by atoms with E-state index in [1.54, 1.807) is 54.6 Å². The van der Waals surface area contributed by atoms with Crippen molar-refractivity contribution in [2.45, 2.75) is 13.5 Å². The van der Waals surface area contributed by atoms with Crippen LogP contribution in [0.2, 0.25) is 5.02 Å². The van der Waals surface area contributed by atoms with Crippen LogP contribution < -0.4 is 10.1 Å². The van der Waals surface area contributed by atoms with Gasteiger partial charge in [0.2, 0.25) is 0 Å². The van der Waals surface area contributed by atoms with E-state index >= 15 is 0 Å². The zero-order chi connectivity index (χ0) is 22.2. The number of hydrogen-bond donors (Lipinski definition) is 1. The summed E-state index contributed by atoms with van der Waals surface area (Å²) in [5.41, 5.74) is 3.42. The number of ether oxygens (including phenoxy) is 1. The first-order valence-corrected chi connectivity index (χ1v) is 9.78. The molecule has 0 heterocycles. The van der Waals surface area contributed by atoms with Crippen LogP contribution in [0.15, 0.2) is 72.3 Å². The van der Waals surface area contributed by atoms with Gasteiger partial charge in [-0.2, -0.15) is 10.5 Å². The van der Waals surface area contributed by atoms with Crippen LogP contribution >= 0.6 is 11.6 Å². The third kappa shape index (κ3) is 5.73. The van der Waals surface area contributed by atoms with Gasteiger partial charge in [-0.25, -0.2) is 0 Å². The molecule has 0 saturated carbocycles. The van der Waals surface area contributed by atoms with Crippen molar-refractivity contribution in [3.63, 3.8) is 0 Å². The Bertz CT molecular complexity index is 1220. The molecule has 0 fully saturated rings. The van der Waals surface area contributed by atoms with Crippen molar-refractivity contribution in [2.24, 2.45) is 0 Å². The molecule has 0 spiro atoms. The van der Waals surface area contributed by atoms with Gasteiger partial charge in [0.25, 0.3) is 5.91 Å². The Balaban J connectivity index is 1.69. The molecule has 5 nitrogen and oxygen atoms in total. The van der Waals surface area contributed by atoms with Crippen LogP contribution in [0, 0.1) is 29.6 Å². The minimum Gasteiger partial charge on any atom is -0.489 e. The van der Waals surface area contributed by atoms with Gasteiger partial charge in [-0.1, -0.05) is 48.0 Å². The summed E-state index contributed by atoms with van der Waals surface area (Å²) in [6.45, 7) is 2.11. The molecule has 0 unspecified atom stereocenters. The van der Waals surface area contributed by atoms with E-state index in [0.29, 0.717) is 27.6 Å². The van der Waals surface area contributed by atoms with E-state index in [1.807, 2.05) is 25.1 Å². The topological polar surface area (TPSA) is 85.9 Å². The van der Waals surface area contributed by atoms with E-state index in [0.717, 1.165) is 11.1 Å². The summed E-state index contributed by atoms with van der Waals surface area (Å²) in [7, 11) is 0. The Morgan fingerprint density at radius 3 is 2.55 bits per heavy atom. The first kappa shape index (κ1) is 21.6. The SMILES string of the molecule is Cc1ccc(Cl)cc1NC(=O)/C(C#N)=C/c1ccc(OCc2ccccc2C#N)cc1. The van der Waals surface area contributed by atoms with Crippen molar-refractivity contribution < 1.29 is 9.53 Å². The lowest BCUT2D eigenvalue weighted by Gasteiger charge is -2.09. The zero-order valence-electron chi connectivity index (χ0n) is 16.7. The number of amides is 1. The van der Waals surface area contributed by atoms with Crippen LogP contribution in [-0.4, -0.2) is 5.91 Å². The molecule has 3 aromatic carbocycles. The Labute approximate surface area is 185 Å². The molecule has 0 bridgehead atoms. The van der Waals surface area contributed by atoms with E-state index in [2.05, 4.69) is 11.4 Å². The van der Waals surface area contributed by atoms with Crippen LogP contribution in [0.4, 0.5) is 5.69 Å². The molecular formula is C25H18ClN3O2. The molecule has 1 amide bonds. The van der Waals surface area contributed by atoms with Crippen molar-refractivity contribution in [1.29, 1.82) is 10.5 Å². The summed E-state index contributed by atoms with van der Waals surface area (Å²) < 4.78 is 5.74. The molecule has 6 heteroatoms. The van der Waals surface area contributed by atoms with Gasteiger partial charge in [-0.15, -0.1) is 0 Å². The molecule has 3 aromatic rings. The number of nitrogens with one attached hydrogen (secondary N) is 1. The largest absolute Gasteiger partial charge is 0.489 e. The number of rotatable bonds is 6. The van der Waals surface area contributed by atoms with E-state index in [4.69, 9.17) is 21.6 Å². The lowest BCUT2D eigenvalue weighted by Crippen LogP contribution is -2.14. The van der Waals surface area contributed by atoms with Crippen molar-refractivity contribution in [1.82, 2.24) is 0 Å². The average Bonchev–Trinajstić information content (AvgIpc) is 2.79. The number of nitrogens with zero attached hydrogens (tertiary/aromatic N) is 2. The highest BCUT2D eigenvalue weighted by Crippen LogP contribution is 2.22. The minimum atomic E-state index is -0.513. The molecule has 0 aliphatic heterocycles. The molecule has 0 aliphatic carbocycles. The zero-order valence-corrected chi connectivity index (χ0v) is 17.5. The standard InChI is InChI=1S/C25H18ClN3O2/c1-17-6-9-22(26)13-24(17)29-25(30)21(15-28)12-18-7-10-23(11-8-18)31-16-20-5-3-2-4-19(20)14-27/h2-13H,16H2,1H3,(H,29,30)/b21-12+. The van der Waals surface area contributed by atoms with Crippen molar-refractivity contribution >= 4 is 29.3 Å². The normalized spacial score (nSPS) is 10.6. The van der Waals surface area contributed by atoms with Gasteiger partial charge in [0.05, 0.1) is 11.6 Å². The van der Waals surface area contributed by atoms with Crippen LogP contribution in [0.5, 0.6) is 5.75 Å². The number of benzene rings is 3. The van der Waals surface area contributed by atoms with Gasteiger partial charge in [-0.05, 0) is 54.5 Å². The summed E-state index contributed by atoms with van der Waals surface area (Å²) in [6, 6.07) is 23.5. The summed E-state index contributed by atoms with van der Waals surface area (Å²) in [4.78, 5) is 12.5. The smallest absolute Gasteiger partial charge is 0.266 e. The number of halogens is 1. The van der Waals surface area contributed by atoms with Gasteiger partial charge in [0, 0.05) is 16.3 Å². The second-order valence-electron chi connectivity index (χ2n) is 6.71. The van der Waals surface area contributed by atoms with E-state index in [1.165, 1.54) is 6.08 Å². The van der Waals surface area contributed by atoms with Crippen molar-refractivity contribution in [2.75, 3.05) is 5.32 Å². The Kier molecular flexibility index (Phi) is 7.06. The fourth-order valence-corrected chi connectivity index (χ4v) is 2.98. The number of anilines is 1. The van der Waals surface area contributed by atoms with E-state index in [9.17, 15) is 10.1 Å². The van der Waals surface area contributed by atoms with Crippen LogP contribution in [0.3, 0.4) is 0 Å². The second-order valence-corrected chi connectivity index (χ2v) is 7.15. The van der Waals surface area contributed by atoms with Gasteiger partial charge < -0.3 is 10.1 Å². The molecule has 3 rings (SSSR count). The predicted octanol–water partition coefficient (Wildman–Crippen LogP) is 5.64. The van der Waals surface area contributed by atoms with Crippen molar-refractivity contribution in [3.8, 4) is 17.9 Å². The third-order valence-electron chi connectivity index (χ3n) is 4.54. The molecule has 31 heavy (non-hydrogen) atoms. The minimum absolute atomic E-state index is 0.0315. The monoisotopic (exact) mass is 427 g/mol. The quantitative estimate of drug-likeness (QED) is 0.407. The Morgan fingerprint density at radius 2 is 1.84 bits per heavy atom. The molecular weight excluding hydrogens is 410 g/mol. The maximum atomic E-state index is 12.5. The predicted molar refractivity (Wildman–Crippen MR) is 120 cm³/mol. The van der Waals surface area contributed by atoms with E-state index < -0.39 is 5.91 Å². The number of carbonyl (C=O) groups is 1. The van der Waals surface area contributed by atoms with Gasteiger partial charge in [-0.3, -0.25) is 4.79 Å². The molecule has 0 aromatic heterocycles. The van der Waals surface area contributed by atoms with Crippen LogP contribution in [-0.2, 0) is 11.4 Å². The fourth-order valence-electron chi connectivity index (χ4n) is 2.81. The fraction of sp³-hybridized carbons (Fsp3) is 0.0800. The highest BCUT2D eigenvalue weighted by Gasteiger charge is 2.11. The molecule has 152 valence electrons. The average molecular weight is 428 g/mol. The summed E-state index contributed by atoms with van der Waals surface area (Å²) in [5, 5.41) is 21.8. The third-order valence-corrected chi connectivity index (χ3v) is 4.77. The maximum absolute atomic E-state index is 12.5. The lowest BCUT2D eigenvalue weighted by molar-refractivity contribution is -0.112. The second kappa shape index (κ2) is 10.1. The molecule has 0 radical (unpaired) electrons. The maximum Gasteiger partial charge on any atom is 0.266 e.